The van der Waals surface area contributed by atoms with Crippen LogP contribution in [0.5, 0.6) is 0 Å². The van der Waals surface area contributed by atoms with E-state index in [2.05, 4.69) is 5.32 Å². The second kappa shape index (κ2) is 5.26. The number of hydrogen-bond donors (Lipinski definition) is 1. The smallest absolute Gasteiger partial charge is 0.265 e. The molecule has 5 heteroatoms. The van der Waals surface area contributed by atoms with E-state index in [1.807, 2.05) is 0 Å². The van der Waals surface area contributed by atoms with Gasteiger partial charge in [0.1, 0.15) is 11.6 Å². The van der Waals surface area contributed by atoms with Crippen molar-refractivity contribution in [1.82, 2.24) is 0 Å². The highest BCUT2D eigenvalue weighted by Crippen LogP contribution is 2.28. The molecule has 0 aliphatic rings. The first-order valence-electron chi connectivity index (χ1n) is 6.30. The summed E-state index contributed by atoms with van der Waals surface area (Å²) >= 11 is 1.20. The van der Waals surface area contributed by atoms with Crippen LogP contribution in [0.25, 0.3) is 10.1 Å². The topological polar surface area (TPSA) is 29.1 Å². The molecular formula is C16H11F2NOS. The number of hydrogen-bond acceptors (Lipinski definition) is 2. The first-order chi connectivity index (χ1) is 10.0. The van der Waals surface area contributed by atoms with Crippen molar-refractivity contribution in [2.45, 2.75) is 6.92 Å². The number of fused-ring (bicyclic) bond motifs is 1. The number of benzene rings is 2. The molecule has 0 saturated heterocycles. The van der Waals surface area contributed by atoms with Gasteiger partial charge in [-0.15, -0.1) is 11.3 Å². The van der Waals surface area contributed by atoms with Crippen LogP contribution in [-0.4, -0.2) is 5.91 Å². The Morgan fingerprint density at radius 3 is 2.62 bits per heavy atom. The van der Waals surface area contributed by atoms with Crippen LogP contribution in [0.3, 0.4) is 0 Å². The Balaban J connectivity index is 1.90. The Labute approximate surface area is 124 Å². The molecule has 0 fully saturated rings. The van der Waals surface area contributed by atoms with E-state index in [-0.39, 0.29) is 17.5 Å². The van der Waals surface area contributed by atoms with Gasteiger partial charge in [0.25, 0.3) is 5.91 Å². The lowest BCUT2D eigenvalue weighted by molar-refractivity contribution is 0.103. The maximum atomic E-state index is 13.6. The van der Waals surface area contributed by atoms with E-state index in [0.717, 1.165) is 0 Å². The molecule has 106 valence electrons. The Hall–Kier alpha value is -2.27. The maximum Gasteiger partial charge on any atom is 0.265 e. The summed E-state index contributed by atoms with van der Waals surface area (Å²) in [7, 11) is 0. The summed E-state index contributed by atoms with van der Waals surface area (Å²) in [6.07, 6.45) is 0. The van der Waals surface area contributed by atoms with Crippen LogP contribution in [-0.2, 0) is 0 Å². The first-order valence-corrected chi connectivity index (χ1v) is 7.12. The van der Waals surface area contributed by atoms with Gasteiger partial charge in [-0.3, -0.25) is 4.79 Å². The van der Waals surface area contributed by atoms with Crippen LogP contribution in [0.4, 0.5) is 14.5 Å². The summed E-state index contributed by atoms with van der Waals surface area (Å²) in [6.45, 7) is 1.65. The van der Waals surface area contributed by atoms with Crippen molar-refractivity contribution in [3.8, 4) is 0 Å². The predicted octanol–water partition coefficient (Wildman–Crippen LogP) is 4.74. The lowest BCUT2D eigenvalue weighted by Gasteiger charge is -2.04. The van der Waals surface area contributed by atoms with Crippen molar-refractivity contribution in [2.75, 3.05) is 5.32 Å². The van der Waals surface area contributed by atoms with Gasteiger partial charge in [0.15, 0.2) is 0 Å². The SMILES string of the molecule is Cc1ccc(NC(=O)c2cc3c(F)cccc3s2)cc1F. The van der Waals surface area contributed by atoms with Gasteiger partial charge in [-0.2, -0.15) is 0 Å². The molecular weight excluding hydrogens is 292 g/mol. The summed E-state index contributed by atoms with van der Waals surface area (Å²) in [5, 5.41) is 3.03. The van der Waals surface area contributed by atoms with Gasteiger partial charge in [-0.1, -0.05) is 12.1 Å². The lowest BCUT2D eigenvalue weighted by atomic mass is 10.2. The molecule has 2 nitrogen and oxygen atoms in total. The Morgan fingerprint density at radius 2 is 1.90 bits per heavy atom. The van der Waals surface area contributed by atoms with Gasteiger partial charge in [0.05, 0.1) is 4.88 Å². The average Bonchev–Trinajstić information content (AvgIpc) is 2.89. The van der Waals surface area contributed by atoms with Crippen molar-refractivity contribution in [1.29, 1.82) is 0 Å². The summed E-state index contributed by atoms with van der Waals surface area (Å²) in [6, 6.07) is 10.7. The van der Waals surface area contributed by atoms with Crippen molar-refractivity contribution >= 4 is 33.0 Å². The molecule has 3 rings (SSSR count). The highest BCUT2D eigenvalue weighted by Gasteiger charge is 2.13. The number of aryl methyl sites for hydroxylation is 1. The highest BCUT2D eigenvalue weighted by atomic mass is 32.1. The van der Waals surface area contributed by atoms with Crippen molar-refractivity contribution in [3.05, 3.63) is 64.5 Å². The molecule has 0 bridgehead atoms. The van der Waals surface area contributed by atoms with Crippen LogP contribution in [0.2, 0.25) is 0 Å². The molecule has 0 aliphatic heterocycles. The highest BCUT2D eigenvalue weighted by molar-refractivity contribution is 7.20. The summed E-state index contributed by atoms with van der Waals surface area (Å²) in [5.41, 5.74) is 0.887. The van der Waals surface area contributed by atoms with Crippen LogP contribution >= 0.6 is 11.3 Å². The second-order valence-corrected chi connectivity index (χ2v) is 5.76. The molecule has 0 aliphatic carbocycles. The van der Waals surface area contributed by atoms with E-state index in [4.69, 9.17) is 0 Å². The van der Waals surface area contributed by atoms with E-state index in [1.165, 1.54) is 29.5 Å². The van der Waals surface area contributed by atoms with Gasteiger partial charge in [0.2, 0.25) is 0 Å². The Kier molecular flexibility index (Phi) is 3.43. The van der Waals surface area contributed by atoms with Gasteiger partial charge in [-0.05, 0) is 42.8 Å². The molecule has 0 spiro atoms. The fraction of sp³-hybridized carbons (Fsp3) is 0.0625. The third-order valence-electron chi connectivity index (χ3n) is 3.16. The Bertz CT molecular complexity index is 841. The van der Waals surface area contributed by atoms with Crippen LogP contribution in [0.1, 0.15) is 15.2 Å². The van der Waals surface area contributed by atoms with E-state index in [1.54, 1.807) is 31.2 Å². The molecule has 0 unspecified atom stereocenters. The largest absolute Gasteiger partial charge is 0.321 e. The standard InChI is InChI=1S/C16H11F2NOS/c1-9-5-6-10(7-13(9)18)19-16(20)15-8-11-12(17)3-2-4-14(11)21-15/h2-8H,1H3,(H,19,20). The second-order valence-electron chi connectivity index (χ2n) is 4.68. The third kappa shape index (κ3) is 2.64. The zero-order chi connectivity index (χ0) is 15.0. The zero-order valence-electron chi connectivity index (χ0n) is 11.1. The first kappa shape index (κ1) is 13.7. The van der Waals surface area contributed by atoms with Crippen molar-refractivity contribution in [2.24, 2.45) is 0 Å². The minimum atomic E-state index is -0.379. The number of carbonyl (C=O) groups is 1. The predicted molar refractivity (Wildman–Crippen MR) is 80.9 cm³/mol. The van der Waals surface area contributed by atoms with Crippen LogP contribution in [0.15, 0.2) is 42.5 Å². The maximum absolute atomic E-state index is 13.6. The number of rotatable bonds is 2. The number of carbonyl (C=O) groups excluding carboxylic acids is 1. The molecule has 1 aromatic heterocycles. The molecule has 1 heterocycles. The number of amides is 1. The molecule has 0 saturated carbocycles. The molecule has 0 radical (unpaired) electrons. The quantitative estimate of drug-likeness (QED) is 0.728. The zero-order valence-corrected chi connectivity index (χ0v) is 11.9. The van der Waals surface area contributed by atoms with E-state index in [9.17, 15) is 13.6 Å². The van der Waals surface area contributed by atoms with Crippen molar-refractivity contribution < 1.29 is 13.6 Å². The molecule has 1 amide bonds. The molecule has 3 aromatic rings. The fourth-order valence-corrected chi connectivity index (χ4v) is 2.97. The van der Waals surface area contributed by atoms with E-state index in [0.29, 0.717) is 26.2 Å². The minimum Gasteiger partial charge on any atom is -0.321 e. The molecule has 0 atom stereocenters. The number of thiophene rings is 1. The average molecular weight is 303 g/mol. The third-order valence-corrected chi connectivity index (χ3v) is 4.26. The van der Waals surface area contributed by atoms with Gasteiger partial charge >= 0.3 is 0 Å². The lowest BCUT2D eigenvalue weighted by Crippen LogP contribution is -2.10. The number of anilines is 1. The summed E-state index contributed by atoms with van der Waals surface area (Å²) in [5.74, 6) is -1.11. The van der Waals surface area contributed by atoms with Crippen LogP contribution in [0, 0.1) is 18.6 Å². The monoisotopic (exact) mass is 303 g/mol. The number of nitrogens with one attached hydrogen (secondary N) is 1. The van der Waals surface area contributed by atoms with E-state index < -0.39 is 0 Å². The molecule has 2 aromatic carbocycles. The normalized spacial score (nSPS) is 10.8. The molecule has 1 N–H and O–H groups in total. The number of halogens is 2. The van der Waals surface area contributed by atoms with Crippen LogP contribution < -0.4 is 5.32 Å². The van der Waals surface area contributed by atoms with Gasteiger partial charge in [-0.25, -0.2) is 8.78 Å². The fourth-order valence-electron chi connectivity index (χ4n) is 2.00. The summed E-state index contributed by atoms with van der Waals surface area (Å²) in [4.78, 5) is 12.5. The van der Waals surface area contributed by atoms with Crippen molar-refractivity contribution in [3.63, 3.8) is 0 Å². The summed E-state index contributed by atoms with van der Waals surface area (Å²) < 4.78 is 27.8. The molecule has 21 heavy (non-hydrogen) atoms. The minimum absolute atomic E-state index is 0.357. The van der Waals surface area contributed by atoms with Gasteiger partial charge in [0, 0.05) is 15.8 Å². The van der Waals surface area contributed by atoms with E-state index >= 15 is 0 Å². The Morgan fingerprint density at radius 1 is 1.10 bits per heavy atom. The van der Waals surface area contributed by atoms with Gasteiger partial charge < -0.3 is 5.32 Å².